The number of nitrogens with one attached hydrogen (secondary N) is 1. The first-order valence-corrected chi connectivity index (χ1v) is 10.4. The molecule has 2 aliphatic rings. The van der Waals surface area contributed by atoms with E-state index in [0.717, 1.165) is 11.6 Å². The van der Waals surface area contributed by atoms with Crippen LogP contribution in [-0.2, 0) is 4.79 Å². The van der Waals surface area contributed by atoms with E-state index in [4.69, 9.17) is 33.3 Å². The number of nitrogens with zero attached hydrogens (tertiary/aromatic N) is 1. The predicted molar refractivity (Wildman–Crippen MR) is 116 cm³/mol. The zero-order chi connectivity index (χ0) is 21.3. The molecule has 0 atom stereocenters. The fourth-order valence-corrected chi connectivity index (χ4v) is 4.36. The van der Waals surface area contributed by atoms with Crippen LogP contribution >= 0.6 is 35.6 Å². The van der Waals surface area contributed by atoms with Gasteiger partial charge < -0.3 is 14.8 Å². The van der Waals surface area contributed by atoms with E-state index >= 15 is 0 Å². The van der Waals surface area contributed by atoms with Crippen molar-refractivity contribution >= 4 is 57.8 Å². The summed E-state index contributed by atoms with van der Waals surface area (Å²) in [5.41, 5.74) is 0.666. The average molecular weight is 465 g/mol. The van der Waals surface area contributed by atoms with E-state index in [9.17, 15) is 14.0 Å². The van der Waals surface area contributed by atoms with Gasteiger partial charge in [0.05, 0.1) is 10.5 Å². The standard InChI is InChI=1S/C20H14ClFN2O4S2/c21-12-2-3-13(14(22)9-12)18(25)23-5-6-24-19(26)17(30-20(24)29)8-11-1-4-15-16(7-11)28-10-27-15/h1-4,7-9H,5-6,10H2,(H,23,25). The van der Waals surface area contributed by atoms with Crippen molar-refractivity contribution in [3.05, 3.63) is 63.3 Å². The highest BCUT2D eigenvalue weighted by Crippen LogP contribution is 2.36. The maximum Gasteiger partial charge on any atom is 0.266 e. The molecule has 2 aromatic rings. The van der Waals surface area contributed by atoms with Crippen molar-refractivity contribution in [3.63, 3.8) is 0 Å². The van der Waals surface area contributed by atoms with E-state index in [1.54, 1.807) is 18.2 Å². The zero-order valence-corrected chi connectivity index (χ0v) is 17.7. The van der Waals surface area contributed by atoms with Crippen molar-refractivity contribution in [2.24, 2.45) is 0 Å². The van der Waals surface area contributed by atoms with Gasteiger partial charge in [-0.2, -0.15) is 0 Å². The molecule has 6 nitrogen and oxygen atoms in total. The number of rotatable bonds is 5. The van der Waals surface area contributed by atoms with E-state index in [0.29, 0.717) is 20.7 Å². The lowest BCUT2D eigenvalue weighted by Gasteiger charge is -2.15. The molecule has 0 aliphatic carbocycles. The minimum atomic E-state index is -0.711. The van der Waals surface area contributed by atoms with Crippen molar-refractivity contribution in [2.45, 2.75) is 0 Å². The number of thioether (sulfide) groups is 1. The molecule has 1 N–H and O–H groups in total. The van der Waals surface area contributed by atoms with E-state index in [-0.39, 0.29) is 36.4 Å². The van der Waals surface area contributed by atoms with Crippen LogP contribution in [0.3, 0.4) is 0 Å². The Morgan fingerprint density at radius 3 is 2.87 bits per heavy atom. The van der Waals surface area contributed by atoms with Gasteiger partial charge >= 0.3 is 0 Å². The Labute approximate surface area is 186 Å². The molecule has 1 fully saturated rings. The quantitative estimate of drug-likeness (QED) is 0.535. The first-order valence-electron chi connectivity index (χ1n) is 8.80. The lowest BCUT2D eigenvalue weighted by molar-refractivity contribution is -0.122. The van der Waals surface area contributed by atoms with Crippen LogP contribution in [0.5, 0.6) is 11.5 Å². The Bertz CT molecular complexity index is 1090. The van der Waals surface area contributed by atoms with Gasteiger partial charge in [0, 0.05) is 18.1 Å². The maximum atomic E-state index is 13.8. The summed E-state index contributed by atoms with van der Waals surface area (Å²) in [6.45, 7) is 0.460. The normalized spacial score (nSPS) is 16.5. The molecular formula is C20H14ClFN2O4S2. The Balaban J connectivity index is 1.38. The van der Waals surface area contributed by atoms with E-state index in [2.05, 4.69) is 5.32 Å². The minimum Gasteiger partial charge on any atom is -0.454 e. The molecule has 0 bridgehead atoms. The van der Waals surface area contributed by atoms with Crippen molar-refractivity contribution < 1.29 is 23.5 Å². The third-order valence-corrected chi connectivity index (χ3v) is 5.98. The molecule has 0 saturated carbocycles. The summed E-state index contributed by atoms with van der Waals surface area (Å²) < 4.78 is 24.8. The van der Waals surface area contributed by atoms with Crippen molar-refractivity contribution in [1.82, 2.24) is 10.2 Å². The van der Waals surface area contributed by atoms with Gasteiger partial charge in [0.1, 0.15) is 10.1 Å². The maximum absolute atomic E-state index is 13.8. The number of ether oxygens (including phenoxy) is 2. The lowest BCUT2D eigenvalue weighted by atomic mass is 10.2. The molecule has 0 radical (unpaired) electrons. The van der Waals surface area contributed by atoms with Crippen LogP contribution in [-0.4, -0.2) is 40.9 Å². The Kier molecular flexibility index (Phi) is 5.94. The van der Waals surface area contributed by atoms with Crippen molar-refractivity contribution in [3.8, 4) is 11.5 Å². The molecule has 30 heavy (non-hydrogen) atoms. The molecule has 0 aromatic heterocycles. The molecule has 1 saturated heterocycles. The van der Waals surface area contributed by atoms with Crippen molar-refractivity contribution in [1.29, 1.82) is 0 Å². The third-order valence-electron chi connectivity index (χ3n) is 4.36. The van der Waals surface area contributed by atoms with Gasteiger partial charge in [0.25, 0.3) is 11.8 Å². The Hall–Kier alpha value is -2.62. The summed E-state index contributed by atoms with van der Waals surface area (Å²) in [4.78, 5) is 26.7. The van der Waals surface area contributed by atoms with Crippen LogP contribution < -0.4 is 14.8 Å². The number of halogens is 2. The summed E-state index contributed by atoms with van der Waals surface area (Å²) in [5, 5.41) is 2.79. The molecule has 0 unspecified atom stereocenters. The van der Waals surface area contributed by atoms with Gasteiger partial charge in [-0.05, 0) is 42.0 Å². The molecule has 0 spiro atoms. The smallest absolute Gasteiger partial charge is 0.266 e. The van der Waals surface area contributed by atoms with Crippen LogP contribution in [0.25, 0.3) is 6.08 Å². The van der Waals surface area contributed by atoms with E-state index < -0.39 is 11.7 Å². The number of fused-ring (bicyclic) bond motifs is 1. The summed E-state index contributed by atoms with van der Waals surface area (Å²) in [5.74, 6) is -0.277. The zero-order valence-electron chi connectivity index (χ0n) is 15.3. The first-order chi connectivity index (χ1) is 14.4. The highest BCUT2D eigenvalue weighted by Gasteiger charge is 2.32. The third kappa shape index (κ3) is 4.28. The average Bonchev–Trinajstić information content (AvgIpc) is 3.27. The Morgan fingerprint density at radius 1 is 1.27 bits per heavy atom. The molecule has 4 rings (SSSR count). The minimum absolute atomic E-state index is 0.116. The van der Waals surface area contributed by atoms with E-state index in [1.165, 1.54) is 28.8 Å². The second kappa shape index (κ2) is 8.63. The van der Waals surface area contributed by atoms with Crippen LogP contribution in [0.4, 0.5) is 4.39 Å². The highest BCUT2D eigenvalue weighted by molar-refractivity contribution is 8.26. The monoisotopic (exact) mass is 464 g/mol. The summed E-state index contributed by atoms with van der Waals surface area (Å²) >= 11 is 12.2. The topological polar surface area (TPSA) is 67.9 Å². The molecule has 154 valence electrons. The van der Waals surface area contributed by atoms with E-state index in [1.807, 2.05) is 6.07 Å². The van der Waals surface area contributed by atoms with Crippen LogP contribution in [0, 0.1) is 5.82 Å². The van der Waals surface area contributed by atoms with Gasteiger partial charge in [-0.15, -0.1) is 0 Å². The van der Waals surface area contributed by atoms with Crippen LogP contribution in [0.2, 0.25) is 5.02 Å². The summed E-state index contributed by atoms with van der Waals surface area (Å²) in [6, 6.07) is 9.19. The van der Waals surface area contributed by atoms with Crippen LogP contribution in [0.1, 0.15) is 15.9 Å². The van der Waals surface area contributed by atoms with Gasteiger partial charge in [-0.3, -0.25) is 14.5 Å². The molecule has 10 heteroatoms. The molecule has 2 heterocycles. The number of benzene rings is 2. The van der Waals surface area contributed by atoms with Crippen LogP contribution in [0.15, 0.2) is 41.3 Å². The fraction of sp³-hybridized carbons (Fsp3) is 0.150. The number of hydrogen-bond donors (Lipinski definition) is 1. The number of amides is 2. The van der Waals surface area contributed by atoms with Crippen molar-refractivity contribution in [2.75, 3.05) is 19.9 Å². The summed E-state index contributed by atoms with van der Waals surface area (Å²) in [7, 11) is 0. The number of carbonyl (C=O) groups excluding carboxylic acids is 2. The molecule has 2 aliphatic heterocycles. The molecule has 2 amide bonds. The predicted octanol–water partition coefficient (Wildman–Crippen LogP) is 3.84. The number of thiocarbonyl (C=S) groups is 1. The molecule has 2 aromatic carbocycles. The SMILES string of the molecule is O=C(NCCN1C(=O)C(=Cc2ccc3c(c2)OCO3)SC1=S)c1ccc(Cl)cc1F. The second-order valence-electron chi connectivity index (χ2n) is 6.33. The first kappa shape index (κ1) is 20.6. The highest BCUT2D eigenvalue weighted by atomic mass is 35.5. The van der Waals surface area contributed by atoms with Gasteiger partial charge in [-0.1, -0.05) is 41.6 Å². The second-order valence-corrected chi connectivity index (χ2v) is 8.44. The summed E-state index contributed by atoms with van der Waals surface area (Å²) in [6.07, 6.45) is 1.73. The van der Waals surface area contributed by atoms with Gasteiger partial charge in [-0.25, -0.2) is 4.39 Å². The lowest BCUT2D eigenvalue weighted by Crippen LogP contribution is -2.37. The molecular weight excluding hydrogens is 451 g/mol. The van der Waals surface area contributed by atoms with Gasteiger partial charge in [0.15, 0.2) is 11.5 Å². The fourth-order valence-electron chi connectivity index (χ4n) is 2.90. The number of carbonyl (C=O) groups is 2. The van der Waals surface area contributed by atoms with Gasteiger partial charge in [0.2, 0.25) is 6.79 Å². The number of hydrogen-bond acceptors (Lipinski definition) is 6. The largest absolute Gasteiger partial charge is 0.454 e. The Morgan fingerprint density at radius 2 is 2.07 bits per heavy atom.